The quantitative estimate of drug-likeness (QED) is 0.861. The second-order valence-corrected chi connectivity index (χ2v) is 7.30. The highest BCUT2D eigenvalue weighted by molar-refractivity contribution is 5.99. The Morgan fingerprint density at radius 1 is 1.11 bits per heavy atom. The molecule has 1 aromatic carbocycles. The van der Waals surface area contributed by atoms with E-state index < -0.39 is 0 Å². The fourth-order valence-corrected chi connectivity index (χ4v) is 3.12. The van der Waals surface area contributed by atoms with Crippen molar-refractivity contribution >= 4 is 17.5 Å². The number of hydrogen-bond donors (Lipinski definition) is 1. The normalized spacial score (nSPS) is 14.3. The first-order valence-corrected chi connectivity index (χ1v) is 9.47. The molecule has 7 heteroatoms. The molecule has 0 saturated carbocycles. The zero-order chi connectivity index (χ0) is 20.1. The molecule has 1 fully saturated rings. The molecule has 0 atom stereocenters. The number of nitrogens with one attached hydrogen (secondary N) is 1. The van der Waals surface area contributed by atoms with Crippen molar-refractivity contribution in [2.75, 3.05) is 37.6 Å². The molecule has 6 nitrogen and oxygen atoms in total. The summed E-state index contributed by atoms with van der Waals surface area (Å²) in [5.74, 6) is -0.321. The SMILES string of the molecule is CC(C)CNC(=O)c1cncc(C(=O)N2CCN(c3ccccc3F)CC2)c1. The van der Waals surface area contributed by atoms with Gasteiger partial charge in [-0.2, -0.15) is 0 Å². The van der Waals surface area contributed by atoms with E-state index in [1.807, 2.05) is 18.7 Å². The average Bonchev–Trinajstić information content (AvgIpc) is 2.72. The lowest BCUT2D eigenvalue weighted by Crippen LogP contribution is -2.49. The van der Waals surface area contributed by atoms with Crippen molar-refractivity contribution in [2.45, 2.75) is 13.8 Å². The summed E-state index contributed by atoms with van der Waals surface area (Å²) >= 11 is 0. The number of pyridine rings is 1. The van der Waals surface area contributed by atoms with E-state index in [-0.39, 0.29) is 17.6 Å². The minimum Gasteiger partial charge on any atom is -0.366 e. The predicted octanol–water partition coefficient (Wildman–Crippen LogP) is 2.57. The van der Waals surface area contributed by atoms with Gasteiger partial charge in [0.25, 0.3) is 11.8 Å². The molecule has 1 saturated heterocycles. The summed E-state index contributed by atoms with van der Waals surface area (Å²) in [4.78, 5) is 32.7. The van der Waals surface area contributed by atoms with E-state index in [1.165, 1.54) is 18.5 Å². The first-order valence-electron chi connectivity index (χ1n) is 9.47. The smallest absolute Gasteiger partial charge is 0.255 e. The third-order valence-corrected chi connectivity index (χ3v) is 4.68. The van der Waals surface area contributed by atoms with E-state index in [0.29, 0.717) is 55.5 Å². The number of hydrogen-bond acceptors (Lipinski definition) is 4. The monoisotopic (exact) mass is 384 g/mol. The molecule has 0 spiro atoms. The first-order chi connectivity index (χ1) is 13.5. The van der Waals surface area contributed by atoms with Gasteiger partial charge in [0.2, 0.25) is 0 Å². The topological polar surface area (TPSA) is 65.5 Å². The van der Waals surface area contributed by atoms with Crippen molar-refractivity contribution < 1.29 is 14.0 Å². The second-order valence-electron chi connectivity index (χ2n) is 7.30. The summed E-state index contributed by atoms with van der Waals surface area (Å²) in [5.41, 5.74) is 1.31. The number of carbonyl (C=O) groups is 2. The first kappa shape index (κ1) is 19.8. The summed E-state index contributed by atoms with van der Waals surface area (Å²) in [6.07, 6.45) is 2.94. The average molecular weight is 384 g/mol. The van der Waals surface area contributed by atoms with Crippen molar-refractivity contribution in [3.05, 3.63) is 59.7 Å². The Balaban J connectivity index is 1.63. The van der Waals surface area contributed by atoms with E-state index >= 15 is 0 Å². The van der Waals surface area contributed by atoms with E-state index in [1.54, 1.807) is 29.2 Å². The minimum atomic E-state index is -0.258. The van der Waals surface area contributed by atoms with Gasteiger partial charge in [0, 0.05) is 45.1 Å². The van der Waals surface area contributed by atoms with Gasteiger partial charge in [0.05, 0.1) is 16.8 Å². The van der Waals surface area contributed by atoms with Crippen molar-refractivity contribution in [2.24, 2.45) is 5.92 Å². The van der Waals surface area contributed by atoms with Crippen LogP contribution in [0.4, 0.5) is 10.1 Å². The zero-order valence-corrected chi connectivity index (χ0v) is 16.2. The van der Waals surface area contributed by atoms with Gasteiger partial charge in [-0.3, -0.25) is 14.6 Å². The number of aromatic nitrogens is 1. The van der Waals surface area contributed by atoms with Gasteiger partial charge in [-0.1, -0.05) is 26.0 Å². The molecule has 1 N–H and O–H groups in total. The molecule has 1 aliphatic heterocycles. The Bertz CT molecular complexity index is 848. The Kier molecular flexibility index (Phi) is 6.23. The van der Waals surface area contributed by atoms with Crippen LogP contribution in [0.2, 0.25) is 0 Å². The van der Waals surface area contributed by atoms with Gasteiger partial charge in [0.15, 0.2) is 0 Å². The van der Waals surface area contributed by atoms with Crippen LogP contribution in [-0.4, -0.2) is 54.4 Å². The molecule has 0 bridgehead atoms. The Morgan fingerprint density at radius 2 is 1.79 bits per heavy atom. The predicted molar refractivity (Wildman–Crippen MR) is 106 cm³/mol. The van der Waals surface area contributed by atoms with Crippen LogP contribution < -0.4 is 10.2 Å². The van der Waals surface area contributed by atoms with Crippen LogP contribution in [0.1, 0.15) is 34.6 Å². The largest absolute Gasteiger partial charge is 0.366 e. The summed E-state index contributed by atoms with van der Waals surface area (Å²) in [7, 11) is 0. The second kappa shape index (κ2) is 8.82. The number of anilines is 1. The highest BCUT2D eigenvalue weighted by Gasteiger charge is 2.24. The van der Waals surface area contributed by atoms with E-state index in [4.69, 9.17) is 0 Å². The number of benzene rings is 1. The van der Waals surface area contributed by atoms with Gasteiger partial charge in [-0.05, 0) is 24.1 Å². The maximum absolute atomic E-state index is 14.0. The van der Waals surface area contributed by atoms with Crippen molar-refractivity contribution in [1.29, 1.82) is 0 Å². The van der Waals surface area contributed by atoms with Crippen LogP contribution in [0.5, 0.6) is 0 Å². The third kappa shape index (κ3) is 4.65. The van der Waals surface area contributed by atoms with Crippen LogP contribution in [-0.2, 0) is 0 Å². The number of piperazine rings is 1. The van der Waals surface area contributed by atoms with Gasteiger partial charge in [-0.25, -0.2) is 4.39 Å². The van der Waals surface area contributed by atoms with Crippen molar-refractivity contribution in [3.8, 4) is 0 Å². The lowest BCUT2D eigenvalue weighted by molar-refractivity contribution is 0.0746. The lowest BCUT2D eigenvalue weighted by atomic mass is 10.1. The maximum atomic E-state index is 14.0. The Hall–Kier alpha value is -2.96. The molecular formula is C21H25FN4O2. The molecule has 3 rings (SSSR count). The Morgan fingerprint density at radius 3 is 2.46 bits per heavy atom. The third-order valence-electron chi connectivity index (χ3n) is 4.68. The summed E-state index contributed by atoms with van der Waals surface area (Å²) in [6.45, 7) is 6.66. The fourth-order valence-electron chi connectivity index (χ4n) is 3.12. The van der Waals surface area contributed by atoms with Crippen LogP contribution in [0, 0.1) is 11.7 Å². The number of nitrogens with zero attached hydrogens (tertiary/aromatic N) is 3. The molecular weight excluding hydrogens is 359 g/mol. The molecule has 1 aromatic heterocycles. The van der Waals surface area contributed by atoms with Gasteiger partial charge < -0.3 is 15.1 Å². The van der Waals surface area contributed by atoms with E-state index in [2.05, 4.69) is 10.3 Å². The summed E-state index contributed by atoms with van der Waals surface area (Å²) in [6, 6.07) is 8.23. The summed E-state index contributed by atoms with van der Waals surface area (Å²) in [5, 5.41) is 2.83. The molecule has 0 aliphatic carbocycles. The molecule has 2 aromatic rings. The minimum absolute atomic E-state index is 0.167. The van der Waals surface area contributed by atoms with E-state index in [9.17, 15) is 14.0 Å². The zero-order valence-electron chi connectivity index (χ0n) is 16.2. The van der Waals surface area contributed by atoms with Crippen LogP contribution >= 0.6 is 0 Å². The Labute approximate surface area is 164 Å². The number of carbonyl (C=O) groups excluding carboxylic acids is 2. The van der Waals surface area contributed by atoms with Crippen LogP contribution in [0.15, 0.2) is 42.7 Å². The number of rotatable bonds is 5. The molecule has 148 valence electrons. The van der Waals surface area contributed by atoms with Gasteiger partial charge >= 0.3 is 0 Å². The number of halogens is 1. The molecule has 2 heterocycles. The lowest BCUT2D eigenvalue weighted by Gasteiger charge is -2.36. The standard InChI is InChI=1S/C21H25FN4O2/c1-15(2)12-24-20(27)16-11-17(14-23-13-16)21(28)26-9-7-25(8-10-26)19-6-4-3-5-18(19)22/h3-6,11,13-15H,7-10,12H2,1-2H3,(H,24,27). The number of para-hydroxylation sites is 1. The molecule has 1 aliphatic rings. The fraction of sp³-hybridized carbons (Fsp3) is 0.381. The molecule has 0 radical (unpaired) electrons. The highest BCUT2D eigenvalue weighted by atomic mass is 19.1. The van der Waals surface area contributed by atoms with Gasteiger partial charge in [-0.15, -0.1) is 0 Å². The van der Waals surface area contributed by atoms with E-state index in [0.717, 1.165) is 0 Å². The summed E-state index contributed by atoms with van der Waals surface area (Å²) < 4.78 is 14.0. The number of amides is 2. The van der Waals surface area contributed by atoms with Crippen LogP contribution in [0.3, 0.4) is 0 Å². The molecule has 2 amide bonds. The van der Waals surface area contributed by atoms with Gasteiger partial charge in [0.1, 0.15) is 5.82 Å². The van der Waals surface area contributed by atoms with Crippen LogP contribution in [0.25, 0.3) is 0 Å². The van der Waals surface area contributed by atoms with Crippen molar-refractivity contribution in [3.63, 3.8) is 0 Å². The maximum Gasteiger partial charge on any atom is 0.255 e. The highest BCUT2D eigenvalue weighted by Crippen LogP contribution is 2.20. The molecule has 28 heavy (non-hydrogen) atoms. The van der Waals surface area contributed by atoms with Crippen molar-refractivity contribution in [1.82, 2.24) is 15.2 Å². The molecule has 0 unspecified atom stereocenters.